The zero-order valence-corrected chi connectivity index (χ0v) is 6.47. The Bertz CT molecular complexity index is 169. The average molecular weight is 155 g/mol. The summed E-state index contributed by atoms with van der Waals surface area (Å²) >= 11 is 0. The summed E-state index contributed by atoms with van der Waals surface area (Å²) in [5, 5.41) is 6.37. The van der Waals surface area contributed by atoms with Gasteiger partial charge in [0.15, 0.2) is 0 Å². The lowest BCUT2D eigenvalue weighted by atomic mass is 10.1. The molecule has 4 heteroatoms. The van der Waals surface area contributed by atoms with Gasteiger partial charge in [-0.1, -0.05) is 0 Å². The predicted octanol–water partition coefficient (Wildman–Crippen LogP) is -1.61. The zero-order chi connectivity index (χ0) is 7.68. The molecule has 2 aliphatic rings. The highest BCUT2D eigenvalue weighted by atomic mass is 16.2. The van der Waals surface area contributed by atoms with Crippen LogP contribution in [-0.4, -0.2) is 49.6 Å². The van der Waals surface area contributed by atoms with E-state index in [1.165, 1.54) is 0 Å². The maximum atomic E-state index is 11.3. The van der Waals surface area contributed by atoms with E-state index in [9.17, 15) is 4.79 Å². The standard InChI is InChI=1S/C7H13N3O/c11-7-5-9-4-6-3-8-1-2-10(6)7/h6,8-9H,1-5H2. The largest absolute Gasteiger partial charge is 0.335 e. The third-order valence-corrected chi connectivity index (χ3v) is 2.33. The molecule has 0 aromatic rings. The van der Waals surface area contributed by atoms with Crippen molar-refractivity contribution in [3.8, 4) is 0 Å². The van der Waals surface area contributed by atoms with Gasteiger partial charge in [0.1, 0.15) is 0 Å². The van der Waals surface area contributed by atoms with Gasteiger partial charge in [0, 0.05) is 26.2 Å². The Balaban J connectivity index is 2.05. The van der Waals surface area contributed by atoms with Crippen LogP contribution in [0.3, 0.4) is 0 Å². The Kier molecular flexibility index (Phi) is 1.79. The summed E-state index contributed by atoms with van der Waals surface area (Å²) in [6, 6.07) is 0.394. The van der Waals surface area contributed by atoms with Crippen molar-refractivity contribution in [2.45, 2.75) is 6.04 Å². The number of nitrogens with zero attached hydrogens (tertiary/aromatic N) is 1. The highest BCUT2D eigenvalue weighted by molar-refractivity contribution is 5.79. The predicted molar refractivity (Wildman–Crippen MR) is 41.2 cm³/mol. The van der Waals surface area contributed by atoms with Crippen LogP contribution in [0.15, 0.2) is 0 Å². The molecule has 2 fully saturated rings. The number of nitrogens with one attached hydrogen (secondary N) is 2. The molecule has 2 saturated heterocycles. The minimum atomic E-state index is 0.253. The van der Waals surface area contributed by atoms with Crippen molar-refractivity contribution >= 4 is 5.91 Å². The number of carbonyl (C=O) groups is 1. The first kappa shape index (κ1) is 7.06. The normalized spacial score (nSPS) is 31.8. The van der Waals surface area contributed by atoms with E-state index in [1.54, 1.807) is 0 Å². The minimum Gasteiger partial charge on any atom is -0.335 e. The van der Waals surface area contributed by atoms with E-state index in [0.717, 1.165) is 26.2 Å². The van der Waals surface area contributed by atoms with Crippen molar-refractivity contribution in [2.75, 3.05) is 32.7 Å². The Morgan fingerprint density at radius 2 is 2.18 bits per heavy atom. The van der Waals surface area contributed by atoms with E-state index in [2.05, 4.69) is 10.6 Å². The van der Waals surface area contributed by atoms with Crippen molar-refractivity contribution in [3.05, 3.63) is 0 Å². The van der Waals surface area contributed by atoms with Gasteiger partial charge in [-0.2, -0.15) is 0 Å². The smallest absolute Gasteiger partial charge is 0.236 e. The number of amides is 1. The summed E-state index contributed by atoms with van der Waals surface area (Å²) in [5.74, 6) is 0.253. The molecule has 1 unspecified atom stereocenters. The molecule has 0 aromatic carbocycles. The molecule has 0 spiro atoms. The molecule has 1 amide bonds. The van der Waals surface area contributed by atoms with Crippen LogP contribution in [0.25, 0.3) is 0 Å². The molecule has 0 bridgehead atoms. The van der Waals surface area contributed by atoms with Crippen LogP contribution in [0, 0.1) is 0 Å². The maximum absolute atomic E-state index is 11.3. The lowest BCUT2D eigenvalue weighted by Crippen LogP contribution is -2.62. The monoisotopic (exact) mass is 155 g/mol. The van der Waals surface area contributed by atoms with E-state index in [-0.39, 0.29) is 5.91 Å². The highest BCUT2D eigenvalue weighted by Gasteiger charge is 2.29. The van der Waals surface area contributed by atoms with Gasteiger partial charge >= 0.3 is 0 Å². The fourth-order valence-corrected chi connectivity index (χ4v) is 1.72. The molecular formula is C7H13N3O. The highest BCUT2D eigenvalue weighted by Crippen LogP contribution is 2.05. The molecule has 62 valence electrons. The summed E-state index contributed by atoms with van der Waals surface area (Å²) in [7, 11) is 0. The molecule has 2 heterocycles. The van der Waals surface area contributed by atoms with Gasteiger partial charge in [0.05, 0.1) is 12.6 Å². The van der Waals surface area contributed by atoms with E-state index in [4.69, 9.17) is 0 Å². The summed E-state index contributed by atoms with van der Waals surface area (Å²) in [6.07, 6.45) is 0. The van der Waals surface area contributed by atoms with Crippen LogP contribution >= 0.6 is 0 Å². The Morgan fingerprint density at radius 3 is 3.00 bits per heavy atom. The zero-order valence-electron chi connectivity index (χ0n) is 6.47. The van der Waals surface area contributed by atoms with Gasteiger partial charge in [0.2, 0.25) is 5.91 Å². The Hall–Kier alpha value is -0.610. The molecule has 2 N–H and O–H groups in total. The van der Waals surface area contributed by atoms with Gasteiger partial charge in [-0.3, -0.25) is 4.79 Å². The van der Waals surface area contributed by atoms with Gasteiger partial charge in [-0.25, -0.2) is 0 Å². The molecule has 1 atom stereocenters. The molecule has 0 aromatic heterocycles. The van der Waals surface area contributed by atoms with E-state index in [0.29, 0.717) is 12.6 Å². The minimum absolute atomic E-state index is 0.253. The summed E-state index contributed by atoms with van der Waals surface area (Å²) in [4.78, 5) is 13.2. The van der Waals surface area contributed by atoms with Crippen LogP contribution in [0.2, 0.25) is 0 Å². The van der Waals surface area contributed by atoms with E-state index in [1.807, 2.05) is 4.90 Å². The quantitative estimate of drug-likeness (QED) is 0.442. The number of fused-ring (bicyclic) bond motifs is 1. The number of piperazine rings is 2. The molecule has 2 aliphatic heterocycles. The lowest BCUT2D eigenvalue weighted by Gasteiger charge is -2.39. The first-order valence-electron chi connectivity index (χ1n) is 4.09. The summed E-state index contributed by atoms with van der Waals surface area (Å²) in [6.45, 7) is 4.24. The fraction of sp³-hybridized carbons (Fsp3) is 0.857. The van der Waals surface area contributed by atoms with Gasteiger partial charge in [0.25, 0.3) is 0 Å². The third kappa shape index (κ3) is 1.23. The third-order valence-electron chi connectivity index (χ3n) is 2.33. The lowest BCUT2D eigenvalue weighted by molar-refractivity contribution is -0.135. The van der Waals surface area contributed by atoms with Crippen molar-refractivity contribution in [2.24, 2.45) is 0 Å². The maximum Gasteiger partial charge on any atom is 0.236 e. The number of hydrogen-bond acceptors (Lipinski definition) is 3. The van der Waals surface area contributed by atoms with Gasteiger partial charge in [-0.15, -0.1) is 0 Å². The number of rotatable bonds is 0. The second-order valence-corrected chi connectivity index (χ2v) is 3.08. The second kappa shape index (κ2) is 2.79. The van der Waals surface area contributed by atoms with Crippen LogP contribution in [0.4, 0.5) is 0 Å². The summed E-state index contributed by atoms with van der Waals surface area (Å²) < 4.78 is 0. The molecule has 2 rings (SSSR count). The van der Waals surface area contributed by atoms with Gasteiger partial charge < -0.3 is 15.5 Å². The molecule has 0 radical (unpaired) electrons. The molecular weight excluding hydrogens is 142 g/mol. The number of carbonyl (C=O) groups excluding carboxylic acids is 1. The average Bonchev–Trinajstić information content (AvgIpc) is 2.06. The van der Waals surface area contributed by atoms with Crippen molar-refractivity contribution in [1.29, 1.82) is 0 Å². The van der Waals surface area contributed by atoms with Crippen molar-refractivity contribution < 1.29 is 4.79 Å². The van der Waals surface area contributed by atoms with Crippen LogP contribution in [0.1, 0.15) is 0 Å². The van der Waals surface area contributed by atoms with Crippen molar-refractivity contribution in [1.82, 2.24) is 15.5 Å². The van der Waals surface area contributed by atoms with E-state index >= 15 is 0 Å². The molecule has 0 saturated carbocycles. The molecule has 4 nitrogen and oxygen atoms in total. The summed E-state index contributed by atoms with van der Waals surface area (Å²) in [5.41, 5.74) is 0. The van der Waals surface area contributed by atoms with Gasteiger partial charge in [-0.05, 0) is 0 Å². The Labute approximate surface area is 65.9 Å². The Morgan fingerprint density at radius 1 is 1.36 bits per heavy atom. The topological polar surface area (TPSA) is 44.4 Å². The SMILES string of the molecule is O=C1CNCC2CNCCN12. The van der Waals surface area contributed by atoms with Crippen LogP contribution in [-0.2, 0) is 4.79 Å². The second-order valence-electron chi connectivity index (χ2n) is 3.08. The van der Waals surface area contributed by atoms with E-state index < -0.39 is 0 Å². The molecule has 0 aliphatic carbocycles. The molecule has 11 heavy (non-hydrogen) atoms. The first-order valence-corrected chi connectivity index (χ1v) is 4.09. The van der Waals surface area contributed by atoms with Crippen LogP contribution < -0.4 is 10.6 Å². The van der Waals surface area contributed by atoms with Crippen LogP contribution in [0.5, 0.6) is 0 Å². The number of hydrogen-bond donors (Lipinski definition) is 2. The van der Waals surface area contributed by atoms with Crippen molar-refractivity contribution in [3.63, 3.8) is 0 Å². The fourth-order valence-electron chi connectivity index (χ4n) is 1.72. The first-order chi connectivity index (χ1) is 5.38.